The fourth-order valence-corrected chi connectivity index (χ4v) is 5.01. The van der Waals surface area contributed by atoms with Crippen molar-refractivity contribution in [3.05, 3.63) is 12.0 Å². The molecule has 5 rings (SSSR count). The van der Waals surface area contributed by atoms with Crippen LogP contribution in [0.3, 0.4) is 0 Å². The number of piperazine rings is 1. The van der Waals surface area contributed by atoms with E-state index in [1.807, 2.05) is 17.9 Å². The van der Waals surface area contributed by atoms with Gasteiger partial charge in [0.05, 0.1) is 11.6 Å². The Balaban J connectivity index is 1.45. The van der Waals surface area contributed by atoms with E-state index in [0.717, 1.165) is 54.6 Å². The summed E-state index contributed by atoms with van der Waals surface area (Å²) >= 11 is 0. The molecular formula is C21H32N6O. The van der Waals surface area contributed by atoms with Gasteiger partial charge in [0.2, 0.25) is 0 Å². The van der Waals surface area contributed by atoms with Crippen LogP contribution in [0.15, 0.2) is 6.20 Å². The monoisotopic (exact) mass is 384 g/mol. The number of hydrogen-bond acceptors (Lipinski definition) is 6. The van der Waals surface area contributed by atoms with E-state index in [4.69, 9.17) is 9.97 Å². The number of nitrogens with zero attached hydrogens (tertiary/aromatic N) is 6. The highest BCUT2D eigenvalue weighted by Crippen LogP contribution is 2.36. The zero-order chi connectivity index (χ0) is 19.1. The summed E-state index contributed by atoms with van der Waals surface area (Å²) in [6.07, 6.45) is 10.5. The number of aliphatic hydroxyl groups excluding tert-OH is 1. The molecule has 0 amide bonds. The van der Waals surface area contributed by atoms with E-state index < -0.39 is 0 Å². The molecular weight excluding hydrogens is 352 g/mol. The Labute approximate surface area is 166 Å². The third kappa shape index (κ3) is 3.50. The van der Waals surface area contributed by atoms with Crippen molar-refractivity contribution in [1.29, 1.82) is 0 Å². The molecule has 1 atom stereocenters. The van der Waals surface area contributed by atoms with Crippen LogP contribution in [0.5, 0.6) is 0 Å². The minimum Gasteiger partial charge on any atom is -0.396 e. The van der Waals surface area contributed by atoms with Gasteiger partial charge in [-0.2, -0.15) is 5.10 Å². The van der Waals surface area contributed by atoms with Crippen molar-refractivity contribution in [3.8, 4) is 0 Å². The number of hydrogen-bond donors (Lipinski definition) is 1. The lowest BCUT2D eigenvalue weighted by atomic mass is 10.1. The summed E-state index contributed by atoms with van der Waals surface area (Å²) in [6, 6.07) is 0.399. The van der Waals surface area contributed by atoms with Gasteiger partial charge in [-0.25, -0.2) is 9.97 Å². The second-order valence-electron chi connectivity index (χ2n) is 8.94. The van der Waals surface area contributed by atoms with Gasteiger partial charge in [-0.1, -0.05) is 12.8 Å². The highest BCUT2D eigenvalue weighted by Gasteiger charge is 2.33. The van der Waals surface area contributed by atoms with Gasteiger partial charge in [-0.15, -0.1) is 0 Å². The number of aryl methyl sites for hydroxylation is 1. The Morgan fingerprint density at radius 1 is 1.11 bits per heavy atom. The predicted molar refractivity (Wildman–Crippen MR) is 110 cm³/mol. The number of anilines is 1. The molecule has 0 aromatic carbocycles. The lowest BCUT2D eigenvalue weighted by molar-refractivity contribution is 0.137. The molecule has 2 aromatic rings. The van der Waals surface area contributed by atoms with E-state index in [1.54, 1.807) is 0 Å². The largest absolute Gasteiger partial charge is 0.396 e. The third-order valence-corrected chi connectivity index (χ3v) is 6.87. The van der Waals surface area contributed by atoms with Crippen LogP contribution >= 0.6 is 0 Å². The molecule has 7 nitrogen and oxygen atoms in total. The summed E-state index contributed by atoms with van der Waals surface area (Å²) in [5, 5.41) is 15.2. The summed E-state index contributed by atoms with van der Waals surface area (Å²) in [7, 11) is 1.97. The van der Waals surface area contributed by atoms with Gasteiger partial charge in [0.15, 0.2) is 5.65 Å². The van der Waals surface area contributed by atoms with E-state index >= 15 is 0 Å². The maximum atomic E-state index is 9.62. The van der Waals surface area contributed by atoms with Gasteiger partial charge in [0.25, 0.3) is 0 Å². The fourth-order valence-electron chi connectivity index (χ4n) is 5.01. The van der Waals surface area contributed by atoms with Crippen molar-refractivity contribution in [2.45, 2.75) is 56.9 Å². The molecule has 0 spiro atoms. The zero-order valence-corrected chi connectivity index (χ0v) is 16.9. The van der Waals surface area contributed by atoms with E-state index in [2.05, 4.69) is 14.9 Å². The lowest BCUT2D eigenvalue weighted by Gasteiger charge is -2.42. The minimum atomic E-state index is 0.249. The molecule has 1 N–H and O–H groups in total. The zero-order valence-electron chi connectivity index (χ0n) is 16.9. The molecule has 2 aromatic heterocycles. The first-order valence-corrected chi connectivity index (χ1v) is 11.0. The molecule has 28 heavy (non-hydrogen) atoms. The van der Waals surface area contributed by atoms with Crippen LogP contribution in [0.1, 0.15) is 56.7 Å². The Bertz CT molecular complexity index is 826. The third-order valence-electron chi connectivity index (χ3n) is 6.87. The van der Waals surface area contributed by atoms with Crippen LogP contribution in [0, 0.1) is 5.92 Å². The standard InChI is InChI=1S/C21H32N6O/c1-25-20-18(12-22-25)21(24-19(23-20)16-4-2-3-5-16)27-10-9-26(13-15-6-7-15)17(14-27)8-11-28/h12,15-17,28H,2-11,13-14H2,1H3. The summed E-state index contributed by atoms with van der Waals surface area (Å²) in [5.74, 6) is 3.42. The number of aliphatic hydroxyl groups is 1. The maximum Gasteiger partial charge on any atom is 0.163 e. The average Bonchev–Trinajstić information content (AvgIpc) is 3.20. The van der Waals surface area contributed by atoms with E-state index in [9.17, 15) is 5.11 Å². The first-order valence-electron chi connectivity index (χ1n) is 11.0. The Kier molecular flexibility index (Phi) is 4.97. The van der Waals surface area contributed by atoms with Crippen molar-refractivity contribution in [2.75, 3.05) is 37.7 Å². The van der Waals surface area contributed by atoms with E-state index in [1.165, 1.54) is 45.1 Å². The molecule has 2 saturated carbocycles. The Hall–Kier alpha value is -1.73. The summed E-state index contributed by atoms with van der Waals surface area (Å²) in [5.41, 5.74) is 0.950. The predicted octanol–water partition coefficient (Wildman–Crippen LogP) is 2.30. The van der Waals surface area contributed by atoms with Crippen molar-refractivity contribution in [3.63, 3.8) is 0 Å². The van der Waals surface area contributed by atoms with Gasteiger partial charge in [0.1, 0.15) is 11.6 Å². The normalized spacial score (nSPS) is 24.5. The number of rotatable bonds is 6. The highest BCUT2D eigenvalue weighted by molar-refractivity contribution is 5.87. The smallest absolute Gasteiger partial charge is 0.163 e. The molecule has 1 aliphatic heterocycles. The van der Waals surface area contributed by atoms with Crippen LogP contribution in [0.2, 0.25) is 0 Å². The highest BCUT2D eigenvalue weighted by atomic mass is 16.3. The van der Waals surface area contributed by atoms with Crippen molar-refractivity contribution in [1.82, 2.24) is 24.6 Å². The molecule has 3 aliphatic rings. The first-order chi connectivity index (χ1) is 13.7. The second kappa shape index (κ2) is 7.59. The summed E-state index contributed by atoms with van der Waals surface area (Å²) in [4.78, 5) is 15.0. The second-order valence-corrected chi connectivity index (χ2v) is 8.94. The Morgan fingerprint density at radius 2 is 1.93 bits per heavy atom. The van der Waals surface area contributed by atoms with Crippen LogP contribution < -0.4 is 4.90 Å². The first kappa shape index (κ1) is 18.3. The maximum absolute atomic E-state index is 9.62. The van der Waals surface area contributed by atoms with Crippen LogP contribution in [0.25, 0.3) is 11.0 Å². The number of aromatic nitrogens is 4. The molecule has 2 aliphatic carbocycles. The molecule has 152 valence electrons. The average molecular weight is 385 g/mol. The molecule has 0 radical (unpaired) electrons. The van der Waals surface area contributed by atoms with Crippen molar-refractivity contribution in [2.24, 2.45) is 13.0 Å². The lowest BCUT2D eigenvalue weighted by Crippen LogP contribution is -2.54. The molecule has 7 heteroatoms. The van der Waals surface area contributed by atoms with Crippen LogP contribution in [0.4, 0.5) is 5.82 Å². The fraction of sp³-hybridized carbons (Fsp3) is 0.762. The SMILES string of the molecule is Cn1ncc2c(N3CCN(CC4CC4)C(CCO)C3)nc(C3CCCC3)nc21. The molecule has 1 saturated heterocycles. The van der Waals surface area contributed by atoms with Crippen molar-refractivity contribution >= 4 is 16.9 Å². The summed E-state index contributed by atoms with van der Waals surface area (Å²) in [6.45, 7) is 4.40. The van der Waals surface area contributed by atoms with Crippen LogP contribution in [-0.4, -0.2) is 68.6 Å². The summed E-state index contributed by atoms with van der Waals surface area (Å²) < 4.78 is 1.88. The minimum absolute atomic E-state index is 0.249. The molecule has 3 fully saturated rings. The quantitative estimate of drug-likeness (QED) is 0.824. The topological polar surface area (TPSA) is 70.3 Å². The van der Waals surface area contributed by atoms with E-state index in [0.29, 0.717) is 12.0 Å². The van der Waals surface area contributed by atoms with Crippen molar-refractivity contribution < 1.29 is 5.11 Å². The van der Waals surface area contributed by atoms with Gasteiger partial charge in [-0.3, -0.25) is 9.58 Å². The molecule has 0 bridgehead atoms. The van der Waals surface area contributed by atoms with Gasteiger partial charge in [-0.05, 0) is 38.0 Å². The van der Waals surface area contributed by atoms with Crippen LogP contribution in [-0.2, 0) is 7.05 Å². The van der Waals surface area contributed by atoms with Gasteiger partial charge >= 0.3 is 0 Å². The molecule has 1 unspecified atom stereocenters. The molecule has 3 heterocycles. The Morgan fingerprint density at radius 3 is 2.68 bits per heavy atom. The van der Waals surface area contributed by atoms with Gasteiger partial charge in [0, 0.05) is 51.8 Å². The van der Waals surface area contributed by atoms with Gasteiger partial charge < -0.3 is 10.0 Å². The van der Waals surface area contributed by atoms with E-state index in [-0.39, 0.29) is 6.61 Å². The number of fused-ring (bicyclic) bond motifs is 1.